The van der Waals surface area contributed by atoms with E-state index in [1.165, 1.54) is 25.1 Å². The van der Waals surface area contributed by atoms with Crippen LogP contribution in [0, 0.1) is 5.41 Å². The molecule has 4 nitrogen and oxygen atoms in total. The van der Waals surface area contributed by atoms with Gasteiger partial charge in [0.1, 0.15) is 5.15 Å². The molecule has 0 radical (unpaired) electrons. The molecule has 1 aliphatic rings. The number of nitrogen functional groups attached to an aromatic ring is 1. The third kappa shape index (κ3) is 2.44. The van der Waals surface area contributed by atoms with Crippen LogP contribution in [-0.2, 0) is 0 Å². The van der Waals surface area contributed by atoms with Crippen molar-refractivity contribution in [2.75, 3.05) is 12.3 Å². The summed E-state index contributed by atoms with van der Waals surface area (Å²) in [5.41, 5.74) is 6.69. The maximum absolute atomic E-state index is 11.8. The zero-order chi connectivity index (χ0) is 11.8. The summed E-state index contributed by atoms with van der Waals surface area (Å²) in [5.74, 6) is -0.185. The van der Waals surface area contributed by atoms with Crippen LogP contribution >= 0.6 is 11.6 Å². The maximum atomic E-state index is 11.8. The zero-order valence-electron chi connectivity index (χ0n) is 9.09. The van der Waals surface area contributed by atoms with Gasteiger partial charge in [-0.25, -0.2) is 4.98 Å². The van der Waals surface area contributed by atoms with Crippen LogP contribution in [0.4, 0.5) is 5.69 Å². The zero-order valence-corrected chi connectivity index (χ0v) is 9.84. The molecule has 0 spiro atoms. The maximum Gasteiger partial charge on any atom is 0.253 e. The first-order valence-electron chi connectivity index (χ1n) is 5.19. The molecule has 5 heteroatoms. The van der Waals surface area contributed by atoms with Gasteiger partial charge in [-0.1, -0.05) is 18.5 Å². The number of anilines is 1. The van der Waals surface area contributed by atoms with Gasteiger partial charge in [0.2, 0.25) is 0 Å². The average Bonchev–Trinajstić information content (AvgIpc) is 2.97. The van der Waals surface area contributed by atoms with Crippen molar-refractivity contribution in [3.8, 4) is 0 Å². The van der Waals surface area contributed by atoms with E-state index in [9.17, 15) is 4.79 Å². The standard InChI is InChI=1S/C11H14ClN3O/c1-11(2-3-11)6-15-10(16)7-4-9(12)14-5-8(7)13/h4-5H,2-3,6,13H2,1H3,(H,15,16). The summed E-state index contributed by atoms with van der Waals surface area (Å²) < 4.78 is 0. The van der Waals surface area contributed by atoms with Crippen LogP contribution < -0.4 is 11.1 Å². The van der Waals surface area contributed by atoms with Crippen molar-refractivity contribution in [2.45, 2.75) is 19.8 Å². The van der Waals surface area contributed by atoms with Crippen LogP contribution in [0.2, 0.25) is 5.15 Å². The number of nitrogens with two attached hydrogens (primary N) is 1. The third-order valence-electron chi connectivity index (χ3n) is 2.93. The van der Waals surface area contributed by atoms with Gasteiger partial charge in [-0.15, -0.1) is 0 Å². The third-order valence-corrected chi connectivity index (χ3v) is 3.13. The summed E-state index contributed by atoms with van der Waals surface area (Å²) >= 11 is 5.72. The lowest BCUT2D eigenvalue weighted by atomic mass is 10.1. The van der Waals surface area contributed by atoms with Gasteiger partial charge in [0.25, 0.3) is 5.91 Å². The molecule has 86 valence electrons. The monoisotopic (exact) mass is 239 g/mol. The Morgan fingerprint density at radius 3 is 3.00 bits per heavy atom. The van der Waals surface area contributed by atoms with E-state index in [1.54, 1.807) is 0 Å². The second kappa shape index (κ2) is 3.94. The fourth-order valence-corrected chi connectivity index (χ4v) is 1.57. The quantitative estimate of drug-likeness (QED) is 0.791. The van der Waals surface area contributed by atoms with Crippen molar-refractivity contribution in [2.24, 2.45) is 5.41 Å². The highest BCUT2D eigenvalue weighted by atomic mass is 35.5. The first kappa shape index (κ1) is 11.2. The molecule has 0 aromatic carbocycles. The molecule has 0 bridgehead atoms. The fourth-order valence-electron chi connectivity index (χ4n) is 1.42. The topological polar surface area (TPSA) is 68.0 Å². The van der Waals surface area contributed by atoms with Crippen LogP contribution in [0.1, 0.15) is 30.1 Å². The summed E-state index contributed by atoms with van der Waals surface area (Å²) in [6.45, 7) is 2.83. The number of pyridine rings is 1. The Labute approximate surface area is 99.2 Å². The van der Waals surface area contributed by atoms with Crippen LogP contribution in [0.15, 0.2) is 12.3 Å². The van der Waals surface area contributed by atoms with E-state index in [1.807, 2.05) is 0 Å². The van der Waals surface area contributed by atoms with Crippen molar-refractivity contribution in [1.29, 1.82) is 0 Å². The van der Waals surface area contributed by atoms with Gasteiger partial charge < -0.3 is 11.1 Å². The number of amides is 1. The van der Waals surface area contributed by atoms with E-state index in [-0.39, 0.29) is 16.5 Å². The summed E-state index contributed by atoms with van der Waals surface area (Å²) in [6, 6.07) is 1.49. The van der Waals surface area contributed by atoms with Gasteiger partial charge >= 0.3 is 0 Å². The van der Waals surface area contributed by atoms with E-state index >= 15 is 0 Å². The summed E-state index contributed by atoms with van der Waals surface area (Å²) in [6.07, 6.45) is 3.73. The van der Waals surface area contributed by atoms with Crippen molar-refractivity contribution in [3.63, 3.8) is 0 Å². The summed E-state index contributed by atoms with van der Waals surface area (Å²) in [5, 5.41) is 3.14. The van der Waals surface area contributed by atoms with Crippen molar-refractivity contribution < 1.29 is 4.79 Å². The molecule has 1 heterocycles. The molecule has 1 aromatic heterocycles. The van der Waals surface area contributed by atoms with E-state index < -0.39 is 0 Å². The number of carbonyl (C=O) groups is 1. The Bertz CT molecular complexity index is 429. The number of halogens is 1. The van der Waals surface area contributed by atoms with Crippen molar-refractivity contribution in [3.05, 3.63) is 23.0 Å². The van der Waals surface area contributed by atoms with E-state index in [2.05, 4.69) is 17.2 Å². The Morgan fingerprint density at radius 2 is 2.38 bits per heavy atom. The second-order valence-corrected chi connectivity index (χ2v) is 4.97. The Balaban J connectivity index is 2.05. The molecule has 0 atom stereocenters. The fraction of sp³-hybridized carbons (Fsp3) is 0.455. The van der Waals surface area contributed by atoms with E-state index in [0.29, 0.717) is 17.8 Å². The van der Waals surface area contributed by atoms with Crippen LogP contribution in [0.3, 0.4) is 0 Å². The number of rotatable bonds is 3. The van der Waals surface area contributed by atoms with Gasteiger partial charge in [-0.2, -0.15) is 0 Å². The normalized spacial score (nSPS) is 16.9. The number of hydrogen-bond acceptors (Lipinski definition) is 3. The predicted molar refractivity (Wildman–Crippen MR) is 63.3 cm³/mol. The molecule has 1 fully saturated rings. The second-order valence-electron chi connectivity index (χ2n) is 4.59. The minimum atomic E-state index is -0.185. The highest BCUT2D eigenvalue weighted by Crippen LogP contribution is 2.44. The molecule has 2 rings (SSSR count). The lowest BCUT2D eigenvalue weighted by Gasteiger charge is -2.11. The minimum absolute atomic E-state index is 0.185. The Morgan fingerprint density at radius 1 is 1.69 bits per heavy atom. The van der Waals surface area contributed by atoms with Gasteiger partial charge in [0, 0.05) is 6.54 Å². The summed E-state index contributed by atoms with van der Waals surface area (Å²) in [4.78, 5) is 15.6. The SMILES string of the molecule is CC1(CNC(=O)c2cc(Cl)ncc2N)CC1. The van der Waals surface area contributed by atoms with Crippen molar-refractivity contribution >= 4 is 23.2 Å². The molecule has 16 heavy (non-hydrogen) atoms. The Kier molecular flexibility index (Phi) is 2.76. The molecule has 3 N–H and O–H groups in total. The average molecular weight is 240 g/mol. The molecule has 0 saturated heterocycles. The first-order valence-corrected chi connectivity index (χ1v) is 5.57. The molecule has 1 saturated carbocycles. The number of carbonyl (C=O) groups excluding carboxylic acids is 1. The number of aromatic nitrogens is 1. The van der Waals surface area contributed by atoms with E-state index in [4.69, 9.17) is 17.3 Å². The molecule has 1 aromatic rings. The van der Waals surface area contributed by atoms with Crippen molar-refractivity contribution in [1.82, 2.24) is 10.3 Å². The first-order chi connectivity index (χ1) is 7.50. The highest BCUT2D eigenvalue weighted by Gasteiger charge is 2.37. The summed E-state index contributed by atoms with van der Waals surface area (Å²) in [7, 11) is 0. The largest absolute Gasteiger partial charge is 0.397 e. The number of hydrogen-bond donors (Lipinski definition) is 2. The molecule has 1 aliphatic carbocycles. The van der Waals surface area contributed by atoms with Gasteiger partial charge in [0.15, 0.2) is 0 Å². The van der Waals surface area contributed by atoms with Gasteiger partial charge in [0.05, 0.1) is 17.4 Å². The molecular weight excluding hydrogens is 226 g/mol. The number of nitrogens with one attached hydrogen (secondary N) is 1. The minimum Gasteiger partial charge on any atom is -0.397 e. The predicted octanol–water partition coefficient (Wildman–Crippen LogP) is 1.85. The van der Waals surface area contributed by atoms with Crippen LogP contribution in [-0.4, -0.2) is 17.4 Å². The molecular formula is C11H14ClN3O. The Hall–Kier alpha value is -1.29. The van der Waals surface area contributed by atoms with Crippen LogP contribution in [0.25, 0.3) is 0 Å². The molecule has 0 unspecified atom stereocenters. The highest BCUT2D eigenvalue weighted by molar-refractivity contribution is 6.29. The molecule has 1 amide bonds. The number of nitrogens with zero attached hydrogens (tertiary/aromatic N) is 1. The van der Waals surface area contributed by atoms with Crippen LogP contribution in [0.5, 0.6) is 0 Å². The lowest BCUT2D eigenvalue weighted by molar-refractivity contribution is 0.0947. The van der Waals surface area contributed by atoms with E-state index in [0.717, 1.165) is 0 Å². The van der Waals surface area contributed by atoms with Gasteiger partial charge in [-0.05, 0) is 24.3 Å². The lowest BCUT2D eigenvalue weighted by Crippen LogP contribution is -2.29. The van der Waals surface area contributed by atoms with Gasteiger partial charge in [-0.3, -0.25) is 4.79 Å². The molecule has 0 aliphatic heterocycles. The smallest absolute Gasteiger partial charge is 0.253 e.